The summed E-state index contributed by atoms with van der Waals surface area (Å²) < 4.78 is 5.92. The highest BCUT2D eigenvalue weighted by molar-refractivity contribution is 5.77. The first kappa shape index (κ1) is 62.6. The topological polar surface area (TPSA) is 95.9 Å². The van der Waals surface area contributed by atoms with E-state index in [0.717, 1.165) is 77.0 Å². The molecule has 0 radical (unpaired) electrons. The van der Waals surface area contributed by atoms with E-state index in [2.05, 4.69) is 86.8 Å². The Kier molecular flexibility index (Phi) is 50.6. The van der Waals surface area contributed by atoms with E-state index < -0.39 is 18.2 Å². The number of allylic oxidation sites excluding steroid dienone is 10. The summed E-state index contributed by atoms with van der Waals surface area (Å²) in [5.41, 5.74) is 0. The molecule has 0 heterocycles. The van der Waals surface area contributed by atoms with Crippen molar-refractivity contribution in [2.45, 2.75) is 296 Å². The summed E-state index contributed by atoms with van der Waals surface area (Å²) in [5.74, 6) is -0.539. The van der Waals surface area contributed by atoms with E-state index in [-0.39, 0.29) is 24.9 Å². The maximum Gasteiger partial charge on any atom is 0.306 e. The number of unbranched alkanes of at least 4 members (excludes halogenated alkanes) is 31. The van der Waals surface area contributed by atoms with Gasteiger partial charge in [-0.05, 0) is 70.6 Å². The number of ether oxygens (including phenoxy) is 1. The van der Waals surface area contributed by atoms with Crippen LogP contribution in [0.15, 0.2) is 60.8 Å². The van der Waals surface area contributed by atoms with Crippen molar-refractivity contribution in [3.8, 4) is 0 Å². The van der Waals surface area contributed by atoms with Crippen molar-refractivity contribution in [1.29, 1.82) is 0 Å². The molecule has 0 saturated carbocycles. The Labute approximate surface area is 403 Å². The fourth-order valence-electron chi connectivity index (χ4n) is 8.37. The van der Waals surface area contributed by atoms with Crippen molar-refractivity contribution in [1.82, 2.24) is 5.32 Å². The standard InChI is InChI=1S/C59H107NO5/c1-4-7-10-13-16-19-22-25-28-29-30-31-34-37-40-43-46-49-52-59(64)65-55(50-47-44-41-38-35-32-26-23-20-17-14-11-8-5-2)53-58(63)60-56(54-61)57(62)51-48-45-42-39-36-33-27-24-21-18-15-12-9-6-3/h22,25,28-32,35,38,41,55-57,61-62H,4-21,23-24,26-27,33-34,36-37,39-40,42-54H2,1-3H3,(H,60,63)/b25-22+,29-28+,31-30+,35-32+,41-38+. The van der Waals surface area contributed by atoms with E-state index >= 15 is 0 Å². The fraction of sp³-hybridized carbons (Fsp3) is 0.797. The molecule has 0 spiro atoms. The zero-order valence-corrected chi connectivity index (χ0v) is 43.1. The summed E-state index contributed by atoms with van der Waals surface area (Å²) in [5, 5.41) is 23.8. The molecule has 6 heteroatoms. The van der Waals surface area contributed by atoms with Crippen LogP contribution in [0.4, 0.5) is 0 Å². The molecule has 0 aliphatic heterocycles. The van der Waals surface area contributed by atoms with Gasteiger partial charge in [-0.25, -0.2) is 0 Å². The first-order valence-corrected chi connectivity index (χ1v) is 28.1. The number of aliphatic hydroxyl groups excluding tert-OH is 2. The number of carbonyl (C=O) groups excluding carboxylic acids is 2. The largest absolute Gasteiger partial charge is 0.462 e. The van der Waals surface area contributed by atoms with Crippen LogP contribution in [-0.2, 0) is 14.3 Å². The number of carbonyl (C=O) groups is 2. The van der Waals surface area contributed by atoms with Gasteiger partial charge < -0.3 is 20.3 Å². The Morgan fingerprint density at radius 2 is 0.800 bits per heavy atom. The maximum atomic E-state index is 13.2. The third-order valence-corrected chi connectivity index (χ3v) is 12.7. The number of aliphatic hydroxyl groups is 2. The summed E-state index contributed by atoms with van der Waals surface area (Å²) in [6.07, 6.45) is 65.7. The van der Waals surface area contributed by atoms with Gasteiger partial charge in [0.15, 0.2) is 0 Å². The van der Waals surface area contributed by atoms with E-state index in [9.17, 15) is 19.8 Å². The summed E-state index contributed by atoms with van der Waals surface area (Å²) in [6, 6.07) is -0.722. The molecule has 65 heavy (non-hydrogen) atoms. The zero-order valence-electron chi connectivity index (χ0n) is 43.1. The second kappa shape index (κ2) is 52.5. The Morgan fingerprint density at radius 3 is 1.22 bits per heavy atom. The molecule has 0 aromatic heterocycles. The summed E-state index contributed by atoms with van der Waals surface area (Å²) in [7, 11) is 0. The smallest absolute Gasteiger partial charge is 0.306 e. The number of hydrogen-bond donors (Lipinski definition) is 3. The highest BCUT2D eigenvalue weighted by Gasteiger charge is 2.24. The number of esters is 1. The Hall–Kier alpha value is -2.44. The van der Waals surface area contributed by atoms with Crippen LogP contribution in [0, 0.1) is 0 Å². The van der Waals surface area contributed by atoms with Crippen LogP contribution in [0.25, 0.3) is 0 Å². The molecule has 0 aromatic carbocycles. The molecule has 0 fully saturated rings. The summed E-state index contributed by atoms with van der Waals surface area (Å²) >= 11 is 0. The van der Waals surface area contributed by atoms with Crippen LogP contribution < -0.4 is 5.32 Å². The van der Waals surface area contributed by atoms with Gasteiger partial charge in [0.05, 0.1) is 25.2 Å². The van der Waals surface area contributed by atoms with Gasteiger partial charge in [0.1, 0.15) is 6.10 Å². The van der Waals surface area contributed by atoms with Crippen molar-refractivity contribution >= 4 is 11.9 Å². The molecular weight excluding hydrogens is 803 g/mol. The van der Waals surface area contributed by atoms with Crippen LogP contribution in [0.2, 0.25) is 0 Å². The van der Waals surface area contributed by atoms with Crippen LogP contribution in [-0.4, -0.2) is 46.9 Å². The van der Waals surface area contributed by atoms with E-state index in [1.165, 1.54) is 154 Å². The minimum absolute atomic E-state index is 0.0357. The van der Waals surface area contributed by atoms with Gasteiger partial charge in [0.25, 0.3) is 0 Å². The highest BCUT2D eigenvalue weighted by atomic mass is 16.5. The second-order valence-corrected chi connectivity index (χ2v) is 19.1. The fourth-order valence-corrected chi connectivity index (χ4v) is 8.37. The average molecular weight is 911 g/mol. The van der Waals surface area contributed by atoms with Gasteiger partial charge in [0, 0.05) is 6.42 Å². The number of amides is 1. The minimum atomic E-state index is -0.805. The number of rotatable bonds is 50. The molecule has 6 nitrogen and oxygen atoms in total. The Bertz CT molecular complexity index is 1160. The van der Waals surface area contributed by atoms with Crippen LogP contribution in [0.1, 0.15) is 278 Å². The molecule has 0 rings (SSSR count). The summed E-state index contributed by atoms with van der Waals surface area (Å²) in [4.78, 5) is 26.2. The molecule has 0 aliphatic carbocycles. The summed E-state index contributed by atoms with van der Waals surface area (Å²) in [6.45, 7) is 6.46. The molecule has 1 amide bonds. The third-order valence-electron chi connectivity index (χ3n) is 12.7. The predicted molar refractivity (Wildman–Crippen MR) is 282 cm³/mol. The van der Waals surface area contributed by atoms with Crippen molar-refractivity contribution in [2.24, 2.45) is 0 Å². The van der Waals surface area contributed by atoms with E-state index in [1.54, 1.807) is 0 Å². The molecule has 0 aromatic rings. The molecule has 0 bridgehead atoms. The van der Waals surface area contributed by atoms with Gasteiger partial charge in [-0.1, -0.05) is 255 Å². The minimum Gasteiger partial charge on any atom is -0.462 e. The lowest BCUT2D eigenvalue weighted by Gasteiger charge is -2.24. The lowest BCUT2D eigenvalue weighted by Crippen LogP contribution is -2.46. The SMILES string of the molecule is CCCCCCC/C=C/C=C/C=C/CCCCCCCC(=O)OC(CCC/C=C/C=C/CCCCCCCCC)CC(=O)NC(CO)C(O)CCCCCCCCCCCCCCCC. The van der Waals surface area contributed by atoms with Crippen molar-refractivity contribution in [3.05, 3.63) is 60.8 Å². The molecule has 3 N–H and O–H groups in total. The molecule has 378 valence electrons. The first-order chi connectivity index (χ1) is 32.0. The number of nitrogens with one attached hydrogen (secondary N) is 1. The number of hydrogen-bond acceptors (Lipinski definition) is 5. The highest BCUT2D eigenvalue weighted by Crippen LogP contribution is 2.17. The van der Waals surface area contributed by atoms with Crippen LogP contribution in [0.5, 0.6) is 0 Å². The van der Waals surface area contributed by atoms with E-state index in [1.807, 2.05) is 0 Å². The quantitative estimate of drug-likeness (QED) is 0.0321. The van der Waals surface area contributed by atoms with Crippen LogP contribution >= 0.6 is 0 Å². The van der Waals surface area contributed by atoms with E-state index in [4.69, 9.17) is 4.74 Å². The van der Waals surface area contributed by atoms with Crippen molar-refractivity contribution in [2.75, 3.05) is 6.61 Å². The Morgan fingerprint density at radius 1 is 0.446 bits per heavy atom. The van der Waals surface area contributed by atoms with Gasteiger partial charge in [-0.3, -0.25) is 9.59 Å². The normalized spacial score (nSPS) is 13.6. The second-order valence-electron chi connectivity index (χ2n) is 19.1. The van der Waals surface area contributed by atoms with Crippen molar-refractivity contribution in [3.63, 3.8) is 0 Å². The van der Waals surface area contributed by atoms with Gasteiger partial charge >= 0.3 is 5.97 Å². The molecule has 3 atom stereocenters. The lowest BCUT2D eigenvalue weighted by atomic mass is 10.0. The lowest BCUT2D eigenvalue weighted by molar-refractivity contribution is -0.151. The third kappa shape index (κ3) is 47.8. The predicted octanol–water partition coefficient (Wildman–Crippen LogP) is 17.2. The van der Waals surface area contributed by atoms with Crippen LogP contribution in [0.3, 0.4) is 0 Å². The van der Waals surface area contributed by atoms with Gasteiger partial charge in [-0.2, -0.15) is 0 Å². The first-order valence-electron chi connectivity index (χ1n) is 28.1. The molecule has 0 saturated heterocycles. The molecule has 3 unspecified atom stereocenters. The zero-order chi connectivity index (χ0) is 47.4. The molecular formula is C59H107NO5. The monoisotopic (exact) mass is 910 g/mol. The van der Waals surface area contributed by atoms with Crippen molar-refractivity contribution < 1.29 is 24.5 Å². The maximum absolute atomic E-state index is 13.2. The van der Waals surface area contributed by atoms with Gasteiger partial charge in [-0.15, -0.1) is 0 Å². The van der Waals surface area contributed by atoms with E-state index in [0.29, 0.717) is 19.3 Å². The Balaban J connectivity index is 4.65. The van der Waals surface area contributed by atoms with Gasteiger partial charge in [0.2, 0.25) is 5.91 Å². The molecule has 0 aliphatic rings. The average Bonchev–Trinajstić information content (AvgIpc) is 3.30.